The SMILES string of the molecule is O=C(Nc1ccc2oc(-c3cc(I)ccc3Cl)nc2c1)c1ncn[nH]1. The van der Waals surface area contributed by atoms with E-state index in [1.165, 1.54) is 6.33 Å². The number of halogens is 2. The molecule has 4 rings (SSSR count). The molecule has 0 unspecified atom stereocenters. The van der Waals surface area contributed by atoms with Gasteiger partial charge in [-0.1, -0.05) is 11.6 Å². The summed E-state index contributed by atoms with van der Waals surface area (Å²) in [6, 6.07) is 10.8. The highest BCUT2D eigenvalue weighted by molar-refractivity contribution is 14.1. The van der Waals surface area contributed by atoms with Crippen molar-refractivity contribution >= 4 is 56.9 Å². The highest BCUT2D eigenvalue weighted by Gasteiger charge is 2.14. The van der Waals surface area contributed by atoms with E-state index in [4.69, 9.17) is 16.0 Å². The number of benzene rings is 2. The number of anilines is 1. The zero-order chi connectivity index (χ0) is 17.4. The van der Waals surface area contributed by atoms with Gasteiger partial charge >= 0.3 is 0 Å². The summed E-state index contributed by atoms with van der Waals surface area (Å²) >= 11 is 8.44. The number of rotatable bonds is 3. The second-order valence-electron chi connectivity index (χ2n) is 5.11. The van der Waals surface area contributed by atoms with Gasteiger partial charge in [-0.05, 0) is 59.0 Å². The molecule has 0 aliphatic carbocycles. The Bertz CT molecular complexity index is 1080. The standard InChI is InChI=1S/C16H9ClIN5O2/c17-11-3-1-8(18)5-10(11)16-22-12-6-9(2-4-13(12)25-16)21-15(24)14-19-7-20-23-14/h1-7H,(H,21,24)(H,19,20,23). The number of aromatic nitrogens is 4. The van der Waals surface area contributed by atoms with Crippen LogP contribution >= 0.6 is 34.2 Å². The van der Waals surface area contributed by atoms with Gasteiger partial charge in [-0.15, -0.1) is 0 Å². The van der Waals surface area contributed by atoms with Gasteiger partial charge in [0.25, 0.3) is 5.91 Å². The maximum atomic E-state index is 12.0. The van der Waals surface area contributed by atoms with E-state index in [1.54, 1.807) is 24.3 Å². The van der Waals surface area contributed by atoms with Crippen LogP contribution in [0.1, 0.15) is 10.6 Å². The van der Waals surface area contributed by atoms with E-state index in [-0.39, 0.29) is 11.7 Å². The summed E-state index contributed by atoms with van der Waals surface area (Å²) < 4.78 is 6.81. The van der Waals surface area contributed by atoms with Crippen molar-refractivity contribution in [3.05, 3.63) is 57.1 Å². The Morgan fingerprint density at radius 3 is 2.92 bits per heavy atom. The maximum absolute atomic E-state index is 12.0. The molecule has 2 aromatic carbocycles. The number of amides is 1. The molecule has 4 aromatic rings. The number of aromatic amines is 1. The van der Waals surface area contributed by atoms with Gasteiger partial charge in [0.15, 0.2) is 5.58 Å². The smallest absolute Gasteiger partial charge is 0.292 e. The quantitative estimate of drug-likeness (QED) is 0.444. The van der Waals surface area contributed by atoms with Crippen LogP contribution in [0.3, 0.4) is 0 Å². The number of nitrogens with zero attached hydrogens (tertiary/aromatic N) is 3. The fourth-order valence-electron chi connectivity index (χ4n) is 2.29. The van der Waals surface area contributed by atoms with Gasteiger partial charge in [0.2, 0.25) is 11.7 Å². The molecule has 0 radical (unpaired) electrons. The fourth-order valence-corrected chi connectivity index (χ4v) is 2.98. The third-order valence-corrected chi connectivity index (χ3v) is 4.43. The topological polar surface area (TPSA) is 96.7 Å². The lowest BCUT2D eigenvalue weighted by Crippen LogP contribution is -2.13. The van der Waals surface area contributed by atoms with E-state index < -0.39 is 0 Å². The Labute approximate surface area is 159 Å². The second kappa shape index (κ2) is 6.45. The van der Waals surface area contributed by atoms with Crippen molar-refractivity contribution in [1.82, 2.24) is 20.2 Å². The van der Waals surface area contributed by atoms with Crippen LogP contribution in [0.25, 0.3) is 22.6 Å². The number of H-pyrrole nitrogens is 1. The average Bonchev–Trinajstić information content (AvgIpc) is 3.26. The van der Waals surface area contributed by atoms with Crippen LogP contribution in [0.2, 0.25) is 5.02 Å². The minimum absolute atomic E-state index is 0.131. The molecule has 0 saturated carbocycles. The monoisotopic (exact) mass is 465 g/mol. The number of hydrogen-bond donors (Lipinski definition) is 2. The Balaban J connectivity index is 1.68. The lowest BCUT2D eigenvalue weighted by molar-refractivity contribution is 0.101. The Morgan fingerprint density at radius 2 is 2.12 bits per heavy atom. The fraction of sp³-hybridized carbons (Fsp3) is 0. The number of hydrogen-bond acceptors (Lipinski definition) is 5. The van der Waals surface area contributed by atoms with Gasteiger partial charge in [-0.2, -0.15) is 5.10 Å². The highest BCUT2D eigenvalue weighted by Crippen LogP contribution is 2.32. The van der Waals surface area contributed by atoms with Crippen LogP contribution in [0, 0.1) is 3.57 Å². The Hall–Kier alpha value is -2.46. The van der Waals surface area contributed by atoms with Gasteiger partial charge in [0, 0.05) is 9.26 Å². The normalized spacial score (nSPS) is 11.0. The molecule has 2 N–H and O–H groups in total. The van der Waals surface area contributed by atoms with Crippen LogP contribution in [0.4, 0.5) is 5.69 Å². The molecule has 0 aliphatic rings. The zero-order valence-electron chi connectivity index (χ0n) is 12.5. The number of fused-ring (bicyclic) bond motifs is 1. The summed E-state index contributed by atoms with van der Waals surface area (Å²) in [5.41, 5.74) is 2.50. The second-order valence-corrected chi connectivity index (χ2v) is 6.77. The van der Waals surface area contributed by atoms with E-state index in [9.17, 15) is 4.79 Å². The Kier molecular flexibility index (Phi) is 4.14. The first kappa shape index (κ1) is 16.0. The molecular formula is C16H9ClIN5O2. The van der Waals surface area contributed by atoms with Crippen molar-refractivity contribution < 1.29 is 9.21 Å². The molecule has 0 fully saturated rings. The van der Waals surface area contributed by atoms with Crippen LogP contribution in [0.15, 0.2) is 47.1 Å². The predicted molar refractivity (Wildman–Crippen MR) is 102 cm³/mol. The molecule has 2 heterocycles. The molecule has 0 aliphatic heterocycles. The molecule has 0 atom stereocenters. The van der Waals surface area contributed by atoms with Crippen molar-refractivity contribution in [2.24, 2.45) is 0 Å². The van der Waals surface area contributed by atoms with E-state index in [2.05, 4.69) is 48.1 Å². The van der Waals surface area contributed by atoms with Gasteiger partial charge in [0.1, 0.15) is 11.8 Å². The lowest BCUT2D eigenvalue weighted by atomic mass is 10.2. The molecule has 124 valence electrons. The first-order valence-corrected chi connectivity index (χ1v) is 8.58. The van der Waals surface area contributed by atoms with Crippen molar-refractivity contribution in [2.75, 3.05) is 5.32 Å². The van der Waals surface area contributed by atoms with Crippen molar-refractivity contribution in [3.8, 4) is 11.5 Å². The molecule has 0 spiro atoms. The summed E-state index contributed by atoms with van der Waals surface area (Å²) in [6.45, 7) is 0. The van der Waals surface area contributed by atoms with Crippen LogP contribution in [-0.4, -0.2) is 26.1 Å². The van der Waals surface area contributed by atoms with Gasteiger partial charge in [-0.3, -0.25) is 9.89 Å². The van der Waals surface area contributed by atoms with Crippen molar-refractivity contribution in [1.29, 1.82) is 0 Å². The van der Waals surface area contributed by atoms with Crippen molar-refractivity contribution in [2.45, 2.75) is 0 Å². The first-order valence-electron chi connectivity index (χ1n) is 7.13. The summed E-state index contributed by atoms with van der Waals surface area (Å²) in [7, 11) is 0. The van der Waals surface area contributed by atoms with Gasteiger partial charge < -0.3 is 9.73 Å². The number of oxazole rings is 1. The number of carbonyl (C=O) groups is 1. The minimum atomic E-state index is -0.388. The first-order chi connectivity index (χ1) is 12.1. The van der Waals surface area contributed by atoms with Gasteiger partial charge in [0.05, 0.1) is 10.6 Å². The highest BCUT2D eigenvalue weighted by atomic mass is 127. The third-order valence-electron chi connectivity index (χ3n) is 3.43. The van der Waals surface area contributed by atoms with Crippen molar-refractivity contribution in [3.63, 3.8) is 0 Å². The molecule has 25 heavy (non-hydrogen) atoms. The number of nitrogens with one attached hydrogen (secondary N) is 2. The van der Waals surface area contributed by atoms with E-state index in [1.807, 2.05) is 12.1 Å². The molecule has 2 aromatic heterocycles. The van der Waals surface area contributed by atoms with Gasteiger partial charge in [-0.25, -0.2) is 9.97 Å². The molecule has 9 heteroatoms. The average molecular weight is 466 g/mol. The van der Waals surface area contributed by atoms with Crippen LogP contribution in [0.5, 0.6) is 0 Å². The maximum Gasteiger partial charge on any atom is 0.292 e. The minimum Gasteiger partial charge on any atom is -0.436 e. The summed E-state index contributed by atoms with van der Waals surface area (Å²) in [5.74, 6) is 0.171. The summed E-state index contributed by atoms with van der Waals surface area (Å²) in [4.78, 5) is 20.3. The molecule has 7 nitrogen and oxygen atoms in total. The molecule has 0 saturated heterocycles. The lowest BCUT2D eigenvalue weighted by Gasteiger charge is -2.01. The van der Waals surface area contributed by atoms with E-state index in [0.717, 1.165) is 9.13 Å². The molecule has 1 amide bonds. The molecule has 0 bridgehead atoms. The molecular weight excluding hydrogens is 457 g/mol. The van der Waals surface area contributed by atoms with E-state index >= 15 is 0 Å². The number of carbonyl (C=O) groups excluding carboxylic acids is 1. The van der Waals surface area contributed by atoms with E-state index in [0.29, 0.717) is 27.7 Å². The summed E-state index contributed by atoms with van der Waals surface area (Å²) in [6.07, 6.45) is 1.27. The summed E-state index contributed by atoms with van der Waals surface area (Å²) in [5, 5.41) is 9.44. The van der Waals surface area contributed by atoms with Crippen LogP contribution < -0.4 is 5.32 Å². The third kappa shape index (κ3) is 3.22. The zero-order valence-corrected chi connectivity index (χ0v) is 15.4. The Morgan fingerprint density at radius 1 is 1.24 bits per heavy atom. The largest absolute Gasteiger partial charge is 0.436 e. The predicted octanol–water partition coefficient (Wildman–Crippen LogP) is 4.12. The van der Waals surface area contributed by atoms with Crippen LogP contribution in [-0.2, 0) is 0 Å².